The quantitative estimate of drug-likeness (QED) is 0.850. The van der Waals surface area contributed by atoms with Crippen LogP contribution in [0.1, 0.15) is 23.5 Å². The van der Waals surface area contributed by atoms with Crippen LogP contribution in [0.15, 0.2) is 48.5 Å². The van der Waals surface area contributed by atoms with Gasteiger partial charge in [-0.15, -0.1) is 0 Å². The normalized spacial score (nSPS) is 11.7. The van der Waals surface area contributed by atoms with Gasteiger partial charge in [0.15, 0.2) is 0 Å². The minimum Gasteiger partial charge on any atom is -0.497 e. The van der Waals surface area contributed by atoms with Gasteiger partial charge in [0.05, 0.1) is 20.1 Å². The number of ether oxygens (including phenoxy) is 2. The highest BCUT2D eigenvalue weighted by molar-refractivity contribution is 5.76. The van der Waals surface area contributed by atoms with Crippen LogP contribution in [0.2, 0.25) is 0 Å². The first-order valence-corrected chi connectivity index (χ1v) is 7.13. The van der Waals surface area contributed by atoms with Gasteiger partial charge in [0.1, 0.15) is 11.5 Å². The lowest BCUT2D eigenvalue weighted by atomic mass is 9.92. The Labute approximate surface area is 130 Å². The average Bonchev–Trinajstić information content (AvgIpc) is 2.55. The van der Waals surface area contributed by atoms with Crippen molar-refractivity contribution in [1.29, 1.82) is 0 Å². The summed E-state index contributed by atoms with van der Waals surface area (Å²) in [5, 5.41) is 9.48. The summed E-state index contributed by atoms with van der Waals surface area (Å²) in [5.41, 5.74) is 1.86. The van der Waals surface area contributed by atoms with Gasteiger partial charge in [0.2, 0.25) is 0 Å². The largest absolute Gasteiger partial charge is 0.497 e. The monoisotopic (exact) mass is 300 g/mol. The maximum Gasteiger partial charge on any atom is 0.310 e. The minimum atomic E-state index is -0.812. The Hall–Kier alpha value is -2.49. The van der Waals surface area contributed by atoms with Crippen molar-refractivity contribution in [3.63, 3.8) is 0 Å². The summed E-state index contributed by atoms with van der Waals surface area (Å²) in [7, 11) is 3.21. The number of aliphatic carboxylic acids is 1. The van der Waals surface area contributed by atoms with Crippen molar-refractivity contribution >= 4 is 5.97 Å². The first kappa shape index (κ1) is 15.9. The van der Waals surface area contributed by atoms with Crippen molar-refractivity contribution in [1.82, 2.24) is 0 Å². The van der Waals surface area contributed by atoms with Gasteiger partial charge in [-0.25, -0.2) is 0 Å². The number of methoxy groups -OCH3 is 2. The van der Waals surface area contributed by atoms with E-state index in [1.165, 1.54) is 0 Å². The lowest BCUT2D eigenvalue weighted by Gasteiger charge is -2.13. The molecule has 1 atom stereocenters. The second kappa shape index (κ2) is 7.50. The minimum absolute atomic E-state index is 0.530. The Kier molecular flexibility index (Phi) is 5.42. The number of hydrogen-bond donors (Lipinski definition) is 1. The predicted octanol–water partition coefficient (Wildman–Crippen LogP) is 3.50. The molecule has 2 aromatic carbocycles. The van der Waals surface area contributed by atoms with Crippen LogP contribution < -0.4 is 9.47 Å². The molecule has 2 aromatic rings. The summed E-state index contributed by atoms with van der Waals surface area (Å²) in [6, 6.07) is 14.9. The molecular weight excluding hydrogens is 280 g/mol. The molecule has 0 spiro atoms. The van der Waals surface area contributed by atoms with Crippen LogP contribution in [0.4, 0.5) is 0 Å². The third-order valence-electron chi connectivity index (χ3n) is 3.67. The summed E-state index contributed by atoms with van der Waals surface area (Å²) in [6.45, 7) is 0. The van der Waals surface area contributed by atoms with E-state index in [0.29, 0.717) is 12.8 Å². The Bertz CT molecular complexity index is 619. The highest BCUT2D eigenvalue weighted by Crippen LogP contribution is 2.25. The first-order chi connectivity index (χ1) is 10.6. The van der Waals surface area contributed by atoms with Crippen LogP contribution in [-0.2, 0) is 11.2 Å². The van der Waals surface area contributed by atoms with Gasteiger partial charge in [0.25, 0.3) is 0 Å². The van der Waals surface area contributed by atoms with Crippen molar-refractivity contribution in [3.8, 4) is 11.5 Å². The van der Waals surface area contributed by atoms with Gasteiger partial charge in [-0.2, -0.15) is 0 Å². The Balaban J connectivity index is 2.09. The zero-order chi connectivity index (χ0) is 15.9. The molecule has 0 bridgehead atoms. The molecule has 116 valence electrons. The number of carboxylic acid groups (broad SMARTS) is 1. The van der Waals surface area contributed by atoms with Crippen molar-refractivity contribution in [3.05, 3.63) is 59.7 Å². The molecule has 0 aliphatic carbocycles. The summed E-state index contributed by atoms with van der Waals surface area (Å²) in [6.07, 6.45) is 1.22. The molecule has 2 rings (SSSR count). The number of rotatable bonds is 7. The number of benzene rings is 2. The average molecular weight is 300 g/mol. The first-order valence-electron chi connectivity index (χ1n) is 7.13. The van der Waals surface area contributed by atoms with Gasteiger partial charge in [-0.3, -0.25) is 4.79 Å². The van der Waals surface area contributed by atoms with E-state index in [1.54, 1.807) is 26.4 Å². The number of carbonyl (C=O) groups is 1. The van der Waals surface area contributed by atoms with Crippen LogP contribution in [0.25, 0.3) is 0 Å². The van der Waals surface area contributed by atoms with E-state index in [2.05, 4.69) is 0 Å². The smallest absolute Gasteiger partial charge is 0.310 e. The molecule has 0 saturated heterocycles. The van der Waals surface area contributed by atoms with E-state index in [0.717, 1.165) is 22.6 Å². The van der Waals surface area contributed by atoms with Crippen LogP contribution in [0, 0.1) is 0 Å². The van der Waals surface area contributed by atoms with Crippen LogP contribution >= 0.6 is 0 Å². The van der Waals surface area contributed by atoms with E-state index in [4.69, 9.17) is 9.47 Å². The molecule has 0 aliphatic rings. The maximum absolute atomic E-state index is 11.5. The molecule has 0 aromatic heterocycles. The van der Waals surface area contributed by atoms with Gasteiger partial charge in [0, 0.05) is 0 Å². The van der Waals surface area contributed by atoms with Gasteiger partial charge < -0.3 is 14.6 Å². The topological polar surface area (TPSA) is 55.8 Å². The fraction of sp³-hybridized carbons (Fsp3) is 0.278. The number of carboxylic acids is 1. The number of hydrogen-bond acceptors (Lipinski definition) is 3. The molecule has 0 amide bonds. The lowest BCUT2D eigenvalue weighted by Crippen LogP contribution is -2.12. The Morgan fingerprint density at radius 2 is 1.73 bits per heavy atom. The van der Waals surface area contributed by atoms with Crippen molar-refractivity contribution < 1.29 is 19.4 Å². The second-order valence-corrected chi connectivity index (χ2v) is 5.05. The van der Waals surface area contributed by atoms with Gasteiger partial charge in [-0.05, 0) is 48.2 Å². The fourth-order valence-electron chi connectivity index (χ4n) is 2.41. The molecule has 4 nitrogen and oxygen atoms in total. The summed E-state index contributed by atoms with van der Waals surface area (Å²) in [5.74, 6) is 0.166. The second-order valence-electron chi connectivity index (χ2n) is 5.05. The molecule has 22 heavy (non-hydrogen) atoms. The molecule has 0 radical (unpaired) electrons. The Morgan fingerprint density at radius 1 is 1.05 bits per heavy atom. The van der Waals surface area contributed by atoms with Crippen molar-refractivity contribution in [2.75, 3.05) is 14.2 Å². The molecule has 0 aliphatic heterocycles. The third kappa shape index (κ3) is 4.01. The van der Waals surface area contributed by atoms with E-state index in [1.807, 2.05) is 36.4 Å². The summed E-state index contributed by atoms with van der Waals surface area (Å²) >= 11 is 0. The summed E-state index contributed by atoms with van der Waals surface area (Å²) in [4.78, 5) is 11.5. The van der Waals surface area contributed by atoms with Crippen molar-refractivity contribution in [2.24, 2.45) is 0 Å². The number of aryl methyl sites for hydroxylation is 1. The van der Waals surface area contributed by atoms with Crippen molar-refractivity contribution in [2.45, 2.75) is 18.8 Å². The molecule has 1 unspecified atom stereocenters. The van der Waals surface area contributed by atoms with Gasteiger partial charge >= 0.3 is 5.97 Å². The van der Waals surface area contributed by atoms with E-state index >= 15 is 0 Å². The SMILES string of the molecule is COc1ccc(C(CCc2cccc(OC)c2)C(=O)O)cc1. The zero-order valence-corrected chi connectivity index (χ0v) is 12.8. The molecule has 0 heterocycles. The standard InChI is InChI=1S/C18H20O4/c1-21-15-9-7-14(8-10-15)17(18(19)20)11-6-13-4-3-5-16(12-13)22-2/h3-5,7-10,12,17H,6,11H2,1-2H3,(H,19,20). The van der Waals surface area contributed by atoms with E-state index in [-0.39, 0.29) is 0 Å². The van der Waals surface area contributed by atoms with Crippen LogP contribution in [0.3, 0.4) is 0 Å². The van der Waals surface area contributed by atoms with E-state index < -0.39 is 11.9 Å². The third-order valence-corrected chi connectivity index (χ3v) is 3.67. The molecule has 0 fully saturated rings. The molecule has 4 heteroatoms. The van der Waals surface area contributed by atoms with E-state index in [9.17, 15) is 9.90 Å². The molecule has 1 N–H and O–H groups in total. The maximum atomic E-state index is 11.5. The van der Waals surface area contributed by atoms with Gasteiger partial charge in [-0.1, -0.05) is 24.3 Å². The molecular formula is C18H20O4. The highest BCUT2D eigenvalue weighted by Gasteiger charge is 2.19. The van der Waals surface area contributed by atoms with Crippen LogP contribution in [0.5, 0.6) is 11.5 Å². The zero-order valence-electron chi connectivity index (χ0n) is 12.8. The Morgan fingerprint density at radius 3 is 2.32 bits per heavy atom. The summed E-state index contributed by atoms with van der Waals surface area (Å²) < 4.78 is 10.3. The predicted molar refractivity (Wildman–Crippen MR) is 84.7 cm³/mol. The van der Waals surface area contributed by atoms with Crippen LogP contribution in [-0.4, -0.2) is 25.3 Å². The lowest BCUT2D eigenvalue weighted by molar-refractivity contribution is -0.138. The molecule has 0 saturated carbocycles. The fourth-order valence-corrected chi connectivity index (χ4v) is 2.41. The highest BCUT2D eigenvalue weighted by atomic mass is 16.5.